The molecular formula is C40H48N6O6. The summed E-state index contributed by atoms with van der Waals surface area (Å²) in [7, 11) is 0. The molecule has 0 spiro atoms. The van der Waals surface area contributed by atoms with Crippen molar-refractivity contribution < 1.29 is 29.9 Å². The molecule has 52 heavy (non-hydrogen) atoms. The summed E-state index contributed by atoms with van der Waals surface area (Å²) < 4.78 is 12.5. The van der Waals surface area contributed by atoms with Crippen molar-refractivity contribution in [2.75, 3.05) is 52.6 Å². The minimum absolute atomic E-state index is 0.278. The van der Waals surface area contributed by atoms with Crippen LogP contribution in [-0.2, 0) is 13.1 Å². The van der Waals surface area contributed by atoms with Crippen LogP contribution in [0.4, 0.5) is 0 Å². The zero-order chi connectivity index (χ0) is 37.3. The summed E-state index contributed by atoms with van der Waals surface area (Å²) in [5, 5.41) is 57.5. The minimum atomic E-state index is -0.882. The van der Waals surface area contributed by atoms with E-state index in [9.17, 15) is 30.9 Å². The predicted molar refractivity (Wildman–Crippen MR) is 196 cm³/mol. The third kappa shape index (κ3) is 12.1. The lowest BCUT2D eigenvalue weighted by Gasteiger charge is -2.25. The predicted octanol–water partition coefficient (Wildman–Crippen LogP) is 3.75. The number of nitrogens with zero attached hydrogens (tertiary/aromatic N) is 6. The molecule has 0 saturated carbocycles. The molecule has 12 heteroatoms. The van der Waals surface area contributed by atoms with Crippen molar-refractivity contribution in [1.82, 2.24) is 19.8 Å². The van der Waals surface area contributed by atoms with Gasteiger partial charge in [0.25, 0.3) is 0 Å². The molecule has 4 rings (SSSR count). The fraction of sp³-hybridized carbons (Fsp3) is 0.400. The third-order valence-corrected chi connectivity index (χ3v) is 8.63. The van der Waals surface area contributed by atoms with E-state index in [1.165, 1.54) is 12.4 Å². The average Bonchev–Trinajstić information content (AvgIpc) is 3.16. The lowest BCUT2D eigenvalue weighted by molar-refractivity contribution is 0.0550. The molecule has 0 amide bonds. The molecule has 2 heterocycles. The fourth-order valence-corrected chi connectivity index (χ4v) is 6.03. The van der Waals surface area contributed by atoms with E-state index in [0.29, 0.717) is 63.4 Å². The topological polar surface area (TPSA) is 179 Å². The molecule has 0 radical (unpaired) electrons. The van der Waals surface area contributed by atoms with E-state index in [2.05, 4.69) is 34.2 Å². The summed E-state index contributed by atoms with van der Waals surface area (Å²) in [6.45, 7) is 7.01. The molecule has 4 aromatic rings. The van der Waals surface area contributed by atoms with Crippen LogP contribution in [0.5, 0.6) is 11.5 Å². The number of nitriles is 2. The number of ether oxygens (including phenoxy) is 2. The molecule has 274 valence electrons. The van der Waals surface area contributed by atoms with Crippen molar-refractivity contribution in [1.29, 1.82) is 10.5 Å². The van der Waals surface area contributed by atoms with Crippen LogP contribution in [0.2, 0.25) is 0 Å². The lowest BCUT2D eigenvalue weighted by Crippen LogP contribution is -2.35. The Morgan fingerprint density at radius 1 is 0.673 bits per heavy atom. The second kappa shape index (κ2) is 20.8. The van der Waals surface area contributed by atoms with Gasteiger partial charge in [0, 0.05) is 64.1 Å². The standard InChI is InChI=1S/C40H48N6O6/c1-29-37(7-3-9-39(29)51-13-5-11-45(25-35(49)27-47)23-33-15-31(17-41)19-43-21-33)38-8-4-10-40(30(38)2)52-14-6-12-46(26-36(50)28-48)24-34-16-32(18-42)20-44-22-34/h3-4,7-10,15-16,19-22,35-36,47-50H,5-6,11-14,23-28H2,1-2H3. The molecule has 0 fully saturated rings. The highest BCUT2D eigenvalue weighted by atomic mass is 16.5. The third-order valence-electron chi connectivity index (χ3n) is 8.63. The van der Waals surface area contributed by atoms with E-state index >= 15 is 0 Å². The second-order valence-corrected chi connectivity index (χ2v) is 12.8. The first-order chi connectivity index (χ1) is 25.2. The summed E-state index contributed by atoms with van der Waals surface area (Å²) >= 11 is 0. The molecule has 12 nitrogen and oxygen atoms in total. The first-order valence-corrected chi connectivity index (χ1v) is 17.4. The zero-order valence-electron chi connectivity index (χ0n) is 29.9. The summed E-state index contributed by atoms with van der Waals surface area (Å²) in [4.78, 5) is 12.3. The van der Waals surface area contributed by atoms with Gasteiger partial charge in [0.05, 0.1) is 49.8 Å². The number of aromatic nitrogens is 2. The minimum Gasteiger partial charge on any atom is -0.493 e. The first-order valence-electron chi connectivity index (χ1n) is 17.4. The van der Waals surface area contributed by atoms with Crippen LogP contribution in [0, 0.1) is 36.5 Å². The van der Waals surface area contributed by atoms with E-state index in [-0.39, 0.29) is 26.3 Å². The van der Waals surface area contributed by atoms with Crippen LogP contribution in [-0.4, -0.2) is 105 Å². The molecule has 4 N–H and O–H groups in total. The molecule has 2 unspecified atom stereocenters. The van der Waals surface area contributed by atoms with E-state index in [1.807, 2.05) is 47.9 Å². The normalized spacial score (nSPS) is 12.3. The second-order valence-electron chi connectivity index (χ2n) is 12.8. The van der Waals surface area contributed by atoms with Crippen LogP contribution in [0.1, 0.15) is 46.2 Å². The van der Waals surface area contributed by atoms with E-state index < -0.39 is 12.2 Å². The van der Waals surface area contributed by atoms with E-state index in [0.717, 1.165) is 44.9 Å². The maximum absolute atomic E-state index is 10.1. The maximum atomic E-state index is 10.1. The molecule has 0 saturated heterocycles. The van der Waals surface area contributed by atoms with Crippen molar-refractivity contribution >= 4 is 0 Å². The number of rotatable bonds is 21. The highest BCUT2D eigenvalue weighted by molar-refractivity contribution is 5.74. The van der Waals surface area contributed by atoms with Gasteiger partial charge in [0.2, 0.25) is 0 Å². The van der Waals surface area contributed by atoms with Gasteiger partial charge in [0.15, 0.2) is 0 Å². The Morgan fingerprint density at radius 2 is 1.10 bits per heavy atom. The number of aliphatic hydroxyl groups is 4. The van der Waals surface area contributed by atoms with Crippen LogP contribution >= 0.6 is 0 Å². The molecule has 0 aliphatic rings. The van der Waals surface area contributed by atoms with Crippen LogP contribution < -0.4 is 9.47 Å². The van der Waals surface area contributed by atoms with E-state index in [4.69, 9.17) is 9.47 Å². The summed E-state index contributed by atoms with van der Waals surface area (Å²) in [5.41, 5.74) is 6.73. The Bertz CT molecular complexity index is 1680. The Labute approximate surface area is 305 Å². The number of aliphatic hydroxyl groups excluding tert-OH is 4. The summed E-state index contributed by atoms with van der Waals surface area (Å²) in [6.07, 6.45) is 6.01. The SMILES string of the molecule is Cc1c(OCCCN(Cc2cncc(C#N)c2)CC(O)CO)cccc1-c1cccc(OCCCN(Cc2cncc(C#N)c2)CC(O)CO)c1C. The van der Waals surface area contributed by atoms with E-state index in [1.54, 1.807) is 24.5 Å². The lowest BCUT2D eigenvalue weighted by atomic mass is 9.95. The number of hydrogen-bond donors (Lipinski definition) is 4. The number of pyridine rings is 2. The van der Waals surface area contributed by atoms with Gasteiger partial charge in [-0.3, -0.25) is 19.8 Å². The van der Waals surface area contributed by atoms with Crippen molar-refractivity contribution in [3.63, 3.8) is 0 Å². The number of benzene rings is 2. The first kappa shape index (κ1) is 39.9. The van der Waals surface area contributed by atoms with Gasteiger partial charge < -0.3 is 29.9 Å². The highest BCUT2D eigenvalue weighted by Crippen LogP contribution is 2.35. The average molecular weight is 709 g/mol. The molecular weight excluding hydrogens is 660 g/mol. The fourth-order valence-electron chi connectivity index (χ4n) is 6.03. The Kier molecular flexibility index (Phi) is 16.0. The maximum Gasteiger partial charge on any atom is 0.122 e. The smallest absolute Gasteiger partial charge is 0.122 e. The summed E-state index contributed by atoms with van der Waals surface area (Å²) in [6, 6.07) is 19.7. The monoisotopic (exact) mass is 708 g/mol. The molecule has 2 atom stereocenters. The zero-order valence-corrected chi connectivity index (χ0v) is 29.9. The van der Waals surface area contributed by atoms with Crippen molar-refractivity contribution in [2.24, 2.45) is 0 Å². The number of hydrogen-bond acceptors (Lipinski definition) is 12. The van der Waals surface area contributed by atoms with Gasteiger partial charge in [-0.2, -0.15) is 10.5 Å². The van der Waals surface area contributed by atoms with Crippen molar-refractivity contribution in [3.8, 4) is 34.8 Å². The van der Waals surface area contributed by atoms with Gasteiger partial charge in [-0.05, 0) is 84.3 Å². The molecule has 2 aromatic heterocycles. The Balaban J connectivity index is 1.34. The largest absolute Gasteiger partial charge is 0.493 e. The van der Waals surface area contributed by atoms with Crippen LogP contribution in [0.25, 0.3) is 11.1 Å². The van der Waals surface area contributed by atoms with Crippen LogP contribution in [0.3, 0.4) is 0 Å². The molecule has 0 bridgehead atoms. The highest BCUT2D eigenvalue weighted by Gasteiger charge is 2.16. The van der Waals surface area contributed by atoms with Crippen molar-refractivity contribution in [3.05, 3.63) is 107 Å². The molecule has 0 aliphatic carbocycles. The van der Waals surface area contributed by atoms with Gasteiger partial charge in [-0.25, -0.2) is 0 Å². The molecule has 0 aliphatic heterocycles. The Morgan fingerprint density at radius 3 is 1.48 bits per heavy atom. The van der Waals surface area contributed by atoms with Crippen LogP contribution in [0.15, 0.2) is 73.3 Å². The van der Waals surface area contributed by atoms with Gasteiger partial charge in [0.1, 0.15) is 23.6 Å². The quantitative estimate of drug-likeness (QED) is 0.0923. The van der Waals surface area contributed by atoms with Crippen molar-refractivity contribution in [2.45, 2.75) is 52.0 Å². The van der Waals surface area contributed by atoms with Gasteiger partial charge in [-0.1, -0.05) is 24.3 Å². The molecule has 2 aromatic carbocycles. The Hall–Kier alpha value is -4.92. The summed E-state index contributed by atoms with van der Waals surface area (Å²) in [5.74, 6) is 1.55. The van der Waals surface area contributed by atoms with Gasteiger partial charge in [-0.15, -0.1) is 0 Å². The van der Waals surface area contributed by atoms with Gasteiger partial charge >= 0.3 is 0 Å².